The molecule has 0 radical (unpaired) electrons. The van der Waals surface area contributed by atoms with Gasteiger partial charge < -0.3 is 29.2 Å². The van der Waals surface area contributed by atoms with Gasteiger partial charge in [0.1, 0.15) is 50.0 Å². The minimum absolute atomic E-state index is 0.109. The van der Waals surface area contributed by atoms with Crippen LogP contribution >= 0.6 is 11.6 Å². The van der Waals surface area contributed by atoms with Crippen LogP contribution < -0.4 is 18.9 Å². The third-order valence-electron chi connectivity index (χ3n) is 8.43. The molecule has 0 saturated carbocycles. The fourth-order valence-electron chi connectivity index (χ4n) is 5.95. The number of hydrogen-bond donors (Lipinski definition) is 2. The Morgan fingerprint density at radius 2 is 1.83 bits per heavy atom. The van der Waals surface area contributed by atoms with Crippen LogP contribution in [0.5, 0.6) is 23.0 Å². The number of β-amino-alcohol motifs (C(OH)–C–C–N with tert-alkyl or cyclic N) is 1. The minimum atomic E-state index is -0.946. The monoisotopic (exact) mass is 655 g/mol. The number of benzene rings is 3. The first-order valence-electron chi connectivity index (χ1n) is 15.3. The highest BCUT2D eigenvalue weighted by Gasteiger charge is 2.33. The Labute approximate surface area is 277 Å². The molecule has 0 aliphatic carbocycles. The number of fused-ring (bicyclic) bond motifs is 1. The largest absolute Gasteiger partial charge is 0.488 e. The van der Waals surface area contributed by atoms with E-state index < -0.39 is 18.1 Å². The van der Waals surface area contributed by atoms with E-state index >= 15 is 0 Å². The second-order valence-corrected chi connectivity index (χ2v) is 12.0. The summed E-state index contributed by atoms with van der Waals surface area (Å²) in [5, 5.41) is 29.8. The number of aliphatic hydroxyl groups is 1. The minimum Gasteiger partial charge on any atom is -0.488 e. The highest BCUT2D eigenvalue weighted by Crippen LogP contribution is 2.38. The number of aliphatic hydroxyl groups excluding tert-OH is 1. The summed E-state index contributed by atoms with van der Waals surface area (Å²) >= 11 is 6.77. The zero-order valence-electron chi connectivity index (χ0n) is 25.8. The van der Waals surface area contributed by atoms with Crippen molar-refractivity contribution in [2.45, 2.75) is 51.7 Å². The Balaban J connectivity index is 1.26. The van der Waals surface area contributed by atoms with E-state index in [9.17, 15) is 20.3 Å². The standard InChI is InChI=1S/C36H34ClN3O7/c1-22-26(3-2-4-29(22)25-5-8-32-35(13-25)45-10-9-44-32)21-47-34-14-33(46-20-24-11-23(15-38)16-39-17-24)27(12-30(34)37)18-40-19-28(41)6-7-31(40)36(42)43/h2-5,8,11-14,16-17,28,31,41H,6-7,9-10,18-21H2,1H3,(H,42,43)/t28-,31-/m0/s1. The predicted molar refractivity (Wildman–Crippen MR) is 174 cm³/mol. The fraction of sp³-hybridized carbons (Fsp3) is 0.306. The van der Waals surface area contributed by atoms with Gasteiger partial charge in [-0.3, -0.25) is 14.7 Å². The van der Waals surface area contributed by atoms with Gasteiger partial charge in [-0.15, -0.1) is 0 Å². The average molecular weight is 656 g/mol. The lowest BCUT2D eigenvalue weighted by Gasteiger charge is -2.35. The summed E-state index contributed by atoms with van der Waals surface area (Å²) in [5.74, 6) is 1.35. The number of aromatic nitrogens is 1. The van der Waals surface area contributed by atoms with Gasteiger partial charge >= 0.3 is 5.97 Å². The molecule has 4 aromatic rings. The van der Waals surface area contributed by atoms with Crippen molar-refractivity contribution in [1.82, 2.24) is 9.88 Å². The Morgan fingerprint density at radius 1 is 1.02 bits per heavy atom. The van der Waals surface area contributed by atoms with Crippen molar-refractivity contribution in [3.05, 3.63) is 99.8 Å². The average Bonchev–Trinajstić information content (AvgIpc) is 3.07. The van der Waals surface area contributed by atoms with Crippen LogP contribution in [0.15, 0.2) is 67.0 Å². The Morgan fingerprint density at radius 3 is 2.64 bits per heavy atom. The summed E-state index contributed by atoms with van der Waals surface area (Å²) in [5.41, 5.74) is 5.79. The third-order valence-corrected chi connectivity index (χ3v) is 8.73. The van der Waals surface area contributed by atoms with Crippen LogP contribution in [0.1, 0.15) is 40.7 Å². The normalized spacial score (nSPS) is 17.5. The molecule has 3 heterocycles. The lowest BCUT2D eigenvalue weighted by atomic mass is 9.96. The maximum absolute atomic E-state index is 12.0. The summed E-state index contributed by atoms with van der Waals surface area (Å²) < 4.78 is 24.0. The third kappa shape index (κ3) is 7.44. The first-order valence-corrected chi connectivity index (χ1v) is 15.7. The number of nitriles is 1. The molecule has 1 fully saturated rings. The molecule has 242 valence electrons. The number of aliphatic carboxylic acids is 1. The summed E-state index contributed by atoms with van der Waals surface area (Å²) in [7, 11) is 0. The molecule has 2 atom stereocenters. The van der Waals surface area contributed by atoms with Crippen molar-refractivity contribution >= 4 is 17.6 Å². The van der Waals surface area contributed by atoms with Crippen LogP contribution in [0.25, 0.3) is 11.1 Å². The van der Waals surface area contributed by atoms with Gasteiger partial charge in [0, 0.05) is 42.7 Å². The van der Waals surface area contributed by atoms with Gasteiger partial charge in [-0.1, -0.05) is 35.9 Å². The highest BCUT2D eigenvalue weighted by molar-refractivity contribution is 6.32. The molecule has 47 heavy (non-hydrogen) atoms. The van der Waals surface area contributed by atoms with Crippen LogP contribution in [-0.2, 0) is 24.6 Å². The molecular weight excluding hydrogens is 622 g/mol. The Kier molecular flexibility index (Phi) is 9.78. The molecule has 2 N–H and O–H groups in total. The van der Waals surface area contributed by atoms with E-state index in [1.165, 1.54) is 6.20 Å². The highest BCUT2D eigenvalue weighted by atomic mass is 35.5. The zero-order valence-corrected chi connectivity index (χ0v) is 26.6. The number of carboxylic acid groups (broad SMARTS) is 1. The SMILES string of the molecule is Cc1c(COc2cc(OCc3cncc(C#N)c3)c(CN3C[C@@H](O)CC[C@H]3C(=O)O)cc2Cl)cccc1-c1ccc2c(c1)OCCO2. The van der Waals surface area contributed by atoms with E-state index in [1.54, 1.807) is 29.3 Å². The first kappa shape index (κ1) is 32.1. The van der Waals surface area contributed by atoms with Crippen molar-refractivity contribution in [2.75, 3.05) is 19.8 Å². The van der Waals surface area contributed by atoms with E-state index in [-0.39, 0.29) is 26.3 Å². The van der Waals surface area contributed by atoms with Crippen LogP contribution in [-0.4, -0.2) is 58.0 Å². The molecule has 6 rings (SSSR count). The molecule has 3 aromatic carbocycles. The van der Waals surface area contributed by atoms with Crippen LogP contribution in [0.4, 0.5) is 0 Å². The predicted octanol–water partition coefficient (Wildman–Crippen LogP) is 5.92. The molecule has 10 nitrogen and oxygen atoms in total. The number of carbonyl (C=O) groups is 1. The van der Waals surface area contributed by atoms with E-state index in [4.69, 9.17) is 30.5 Å². The van der Waals surface area contributed by atoms with Crippen LogP contribution in [0, 0.1) is 18.3 Å². The van der Waals surface area contributed by atoms with Crippen LogP contribution in [0.2, 0.25) is 5.02 Å². The number of nitrogens with zero attached hydrogens (tertiary/aromatic N) is 3. The second-order valence-electron chi connectivity index (χ2n) is 11.6. The van der Waals surface area contributed by atoms with Gasteiger partial charge in [0.25, 0.3) is 0 Å². The Bertz CT molecular complexity index is 1830. The molecule has 0 spiro atoms. The maximum Gasteiger partial charge on any atom is 0.320 e. The lowest BCUT2D eigenvalue weighted by molar-refractivity contribution is -0.146. The van der Waals surface area contributed by atoms with E-state index in [0.29, 0.717) is 59.3 Å². The molecule has 2 aliphatic rings. The maximum atomic E-state index is 12.0. The van der Waals surface area contributed by atoms with Crippen molar-refractivity contribution in [3.63, 3.8) is 0 Å². The smallest absolute Gasteiger partial charge is 0.320 e. The number of halogens is 1. The Hall–Kier alpha value is -4.82. The topological polar surface area (TPSA) is 134 Å². The van der Waals surface area contributed by atoms with Crippen molar-refractivity contribution in [2.24, 2.45) is 0 Å². The van der Waals surface area contributed by atoms with Gasteiger partial charge in [-0.2, -0.15) is 5.26 Å². The molecule has 11 heteroatoms. The molecule has 0 amide bonds. The number of ether oxygens (including phenoxy) is 4. The number of piperidine rings is 1. The van der Waals surface area contributed by atoms with Crippen molar-refractivity contribution < 1.29 is 34.0 Å². The van der Waals surface area contributed by atoms with Gasteiger partial charge in [-0.25, -0.2) is 0 Å². The number of carboxylic acids is 1. The number of rotatable bonds is 10. The molecule has 1 aromatic heterocycles. The zero-order chi connectivity index (χ0) is 32.9. The molecule has 0 unspecified atom stereocenters. The number of pyridine rings is 1. The molecular formula is C36H34ClN3O7. The fourth-order valence-corrected chi connectivity index (χ4v) is 6.19. The summed E-state index contributed by atoms with van der Waals surface area (Å²) in [6, 6.07) is 18.4. The molecule has 1 saturated heterocycles. The van der Waals surface area contributed by atoms with Gasteiger partial charge in [0.2, 0.25) is 0 Å². The molecule has 0 bridgehead atoms. The number of hydrogen-bond acceptors (Lipinski definition) is 9. The van der Waals surface area contributed by atoms with Gasteiger partial charge in [0.15, 0.2) is 11.5 Å². The summed E-state index contributed by atoms with van der Waals surface area (Å²) in [6.07, 6.45) is 3.21. The van der Waals surface area contributed by atoms with Crippen LogP contribution in [0.3, 0.4) is 0 Å². The summed E-state index contributed by atoms with van der Waals surface area (Å²) in [4.78, 5) is 17.9. The van der Waals surface area contributed by atoms with Gasteiger partial charge in [0.05, 0.1) is 16.7 Å². The van der Waals surface area contributed by atoms with Crippen molar-refractivity contribution in [1.29, 1.82) is 5.26 Å². The first-order chi connectivity index (χ1) is 22.8. The number of likely N-dealkylation sites (tertiary alicyclic amines) is 1. The molecule has 2 aliphatic heterocycles. The van der Waals surface area contributed by atoms with E-state index in [1.807, 2.05) is 37.3 Å². The summed E-state index contributed by atoms with van der Waals surface area (Å²) in [6.45, 7) is 3.83. The van der Waals surface area contributed by atoms with E-state index in [2.05, 4.69) is 17.1 Å². The lowest BCUT2D eigenvalue weighted by Crippen LogP contribution is -2.48. The van der Waals surface area contributed by atoms with E-state index in [0.717, 1.165) is 33.8 Å². The quantitative estimate of drug-likeness (QED) is 0.212. The van der Waals surface area contributed by atoms with Gasteiger partial charge in [-0.05, 0) is 66.3 Å². The van der Waals surface area contributed by atoms with Crippen molar-refractivity contribution in [3.8, 4) is 40.2 Å². The second kappa shape index (κ2) is 14.3.